The summed E-state index contributed by atoms with van der Waals surface area (Å²) in [6, 6.07) is 0. The van der Waals surface area contributed by atoms with Crippen molar-refractivity contribution in [1.82, 2.24) is 0 Å². The van der Waals surface area contributed by atoms with Crippen LogP contribution in [0.4, 0.5) is 0 Å². The van der Waals surface area contributed by atoms with Gasteiger partial charge in [0.25, 0.3) is 0 Å². The van der Waals surface area contributed by atoms with Crippen molar-refractivity contribution in [1.29, 1.82) is 0 Å². The quantitative estimate of drug-likeness (QED) is 0.544. The van der Waals surface area contributed by atoms with E-state index in [4.69, 9.17) is 0 Å². The van der Waals surface area contributed by atoms with Crippen LogP contribution in [-0.2, 0) is 32.7 Å². The van der Waals surface area contributed by atoms with Crippen molar-refractivity contribution in [3.63, 3.8) is 0 Å². The summed E-state index contributed by atoms with van der Waals surface area (Å²) in [5.74, 6) is 2.00. The van der Waals surface area contributed by atoms with E-state index in [0.717, 1.165) is 0 Å². The minimum Gasteiger partial charge on any atom is -0.341 e. The van der Waals surface area contributed by atoms with Gasteiger partial charge in [-0.15, -0.1) is 0 Å². The molecule has 0 aromatic rings. The molecule has 0 aliphatic carbocycles. The second-order valence-corrected chi connectivity index (χ2v) is 2.89. The van der Waals surface area contributed by atoms with Gasteiger partial charge in [0, 0.05) is 32.7 Å². The van der Waals surface area contributed by atoms with Crippen molar-refractivity contribution < 1.29 is 32.7 Å². The normalized spacial score (nSPS) is 7.20. The molecule has 0 unspecified atom stereocenters. The first-order valence-corrected chi connectivity index (χ1v) is 3.06. The second kappa shape index (κ2) is 16.6. The Bertz CT molecular complexity index is 20.2. The minimum absolute atomic E-state index is 0. The molecule has 0 spiro atoms. The van der Waals surface area contributed by atoms with E-state index in [2.05, 4.69) is 41.5 Å². The third kappa shape index (κ3) is 491. The van der Waals surface area contributed by atoms with Crippen LogP contribution in [0.2, 0.25) is 0 Å². The van der Waals surface area contributed by atoms with Crippen LogP contribution in [-0.4, -0.2) is 0 Å². The van der Waals surface area contributed by atoms with E-state index in [-0.39, 0.29) is 40.1 Å². The number of hydrogen-bond acceptors (Lipinski definition) is 0. The predicted octanol–water partition coefficient (Wildman–Crippen LogP) is 3.73. The third-order valence-electron chi connectivity index (χ3n) is 0. The van der Waals surface area contributed by atoms with Crippen LogP contribution in [0.25, 0.3) is 0 Å². The zero-order chi connectivity index (χ0) is 7.15. The van der Waals surface area contributed by atoms with Crippen LogP contribution >= 0.6 is 0 Å². The molecule has 0 rings (SSSR count). The van der Waals surface area contributed by atoms with Gasteiger partial charge in [-0.3, -0.25) is 0 Å². The average Bonchev–Trinajstić information content (AvgIpc) is 1.25. The predicted molar refractivity (Wildman–Crippen MR) is 47.2 cm³/mol. The molecule has 0 aliphatic heterocycles. The molecule has 0 aliphatic rings. The Morgan fingerprint density at radius 1 is 1.10 bits per heavy atom. The maximum atomic E-state index is 3.64. The van der Waals surface area contributed by atoms with Gasteiger partial charge >= 0.3 is 0 Å². The van der Waals surface area contributed by atoms with Gasteiger partial charge < -0.3 is 12.8 Å². The Morgan fingerprint density at radius 3 is 1.10 bits per heavy atom. The zero-order valence-electron chi connectivity index (χ0n) is 7.36. The third-order valence-corrected chi connectivity index (χ3v) is 0. The van der Waals surface area contributed by atoms with Crippen molar-refractivity contribution >= 4 is 0 Å². The molecule has 0 amide bonds. The molecular formula is C9H22Y-2. The maximum Gasteiger partial charge on any atom is 0 e. The van der Waals surface area contributed by atoms with Gasteiger partial charge in [0.15, 0.2) is 0 Å². The summed E-state index contributed by atoms with van der Waals surface area (Å²) < 4.78 is 0. The summed E-state index contributed by atoms with van der Waals surface area (Å²) >= 11 is 0. The minimum atomic E-state index is 0. The van der Waals surface area contributed by atoms with Gasteiger partial charge in [-0.1, -0.05) is 21.3 Å². The molecule has 0 fully saturated rings. The molecule has 0 saturated heterocycles. The maximum absolute atomic E-state index is 3.64. The smallest absolute Gasteiger partial charge is 0 e. The Kier molecular flexibility index (Phi) is 37.3. The summed E-state index contributed by atoms with van der Waals surface area (Å²) in [6.45, 7) is 14.0. The van der Waals surface area contributed by atoms with E-state index in [1.165, 1.54) is 5.92 Å². The van der Waals surface area contributed by atoms with Crippen molar-refractivity contribution in [2.24, 2.45) is 5.92 Å². The first-order chi connectivity index (χ1) is 3.46. The Balaban J connectivity index is -0.0000000300. The number of hydrogen-bond donors (Lipinski definition) is 0. The van der Waals surface area contributed by atoms with Crippen molar-refractivity contribution in [3.8, 4) is 0 Å². The van der Waals surface area contributed by atoms with Crippen LogP contribution < -0.4 is 0 Å². The van der Waals surface area contributed by atoms with E-state index in [0.29, 0.717) is 5.92 Å². The van der Waals surface area contributed by atoms with Crippen molar-refractivity contribution in [2.75, 3.05) is 0 Å². The molecule has 0 bridgehead atoms. The van der Waals surface area contributed by atoms with Crippen LogP contribution in [0.1, 0.15) is 42.0 Å². The average molecular weight is 219 g/mol. The van der Waals surface area contributed by atoms with Gasteiger partial charge in [-0.25, -0.2) is 0 Å². The van der Waals surface area contributed by atoms with Crippen LogP contribution in [0.15, 0.2) is 0 Å². The molecule has 0 heterocycles. The summed E-state index contributed by atoms with van der Waals surface area (Å²) in [5.41, 5.74) is 0. The van der Waals surface area contributed by atoms with Crippen molar-refractivity contribution in [2.45, 2.75) is 42.0 Å². The van der Waals surface area contributed by atoms with Crippen LogP contribution in [0, 0.1) is 18.8 Å². The van der Waals surface area contributed by atoms with E-state index >= 15 is 0 Å². The standard InChI is InChI=1S/2C4H9.CH4.Y/c2*1-4(2)3;;/h1-3H3;4H,1H2,2-3H3;1H4;/q2*-1;;. The molecule has 0 atom stereocenters. The van der Waals surface area contributed by atoms with E-state index in [1.807, 2.05) is 0 Å². The van der Waals surface area contributed by atoms with Gasteiger partial charge in [0.1, 0.15) is 0 Å². The van der Waals surface area contributed by atoms with E-state index in [1.54, 1.807) is 0 Å². The van der Waals surface area contributed by atoms with Gasteiger partial charge in [-0.05, 0) is 0 Å². The Morgan fingerprint density at radius 2 is 1.10 bits per heavy atom. The van der Waals surface area contributed by atoms with Gasteiger partial charge in [-0.2, -0.15) is 26.7 Å². The van der Waals surface area contributed by atoms with Gasteiger partial charge in [0.05, 0.1) is 0 Å². The largest absolute Gasteiger partial charge is 0.341 e. The monoisotopic (exact) mass is 219 g/mol. The summed E-state index contributed by atoms with van der Waals surface area (Å²) in [7, 11) is 0. The van der Waals surface area contributed by atoms with Crippen LogP contribution in [0.3, 0.4) is 0 Å². The van der Waals surface area contributed by atoms with E-state index < -0.39 is 0 Å². The molecule has 1 radical (unpaired) electrons. The summed E-state index contributed by atoms with van der Waals surface area (Å²) in [5, 5.41) is 0. The first-order valence-electron chi connectivity index (χ1n) is 3.06. The van der Waals surface area contributed by atoms with Crippen LogP contribution in [0.5, 0.6) is 0 Å². The fourth-order valence-corrected chi connectivity index (χ4v) is 0. The molecule has 0 aromatic heterocycles. The van der Waals surface area contributed by atoms with Crippen molar-refractivity contribution in [3.05, 3.63) is 12.8 Å². The summed E-state index contributed by atoms with van der Waals surface area (Å²) in [6.07, 6.45) is 0. The molecule has 0 N–H and O–H groups in total. The number of rotatable bonds is 0. The fourth-order valence-electron chi connectivity index (χ4n) is 0. The zero-order valence-corrected chi connectivity index (χ0v) is 10.2. The second-order valence-electron chi connectivity index (χ2n) is 2.89. The Hall–Kier alpha value is 1.10. The molecular weight excluding hydrogens is 197 g/mol. The molecule has 0 aromatic carbocycles. The Labute approximate surface area is 93.1 Å². The molecule has 0 saturated carbocycles. The van der Waals surface area contributed by atoms with E-state index in [9.17, 15) is 0 Å². The fraction of sp³-hybridized carbons (Fsp3) is 0.778. The molecule has 63 valence electrons. The topological polar surface area (TPSA) is 0 Å². The summed E-state index contributed by atoms with van der Waals surface area (Å²) in [4.78, 5) is 0. The molecule has 0 nitrogen and oxygen atoms in total. The molecule has 1 heteroatoms. The van der Waals surface area contributed by atoms with Gasteiger partial charge in [0.2, 0.25) is 0 Å². The SMILES string of the molecule is C.C[C-](C)C.[CH2-]C(C)C.[Y]. The molecule has 10 heavy (non-hydrogen) atoms. The first kappa shape index (κ1) is 22.5.